The number of para-hydroxylation sites is 1. The SMILES string of the molecule is COc1ccc(/C=C/C(=O)O[C@@H](C)C(=O)N2c3ccccc3C[C@H]2C)cc1. The zero-order valence-electron chi connectivity index (χ0n) is 15.7. The highest BCUT2D eigenvalue weighted by molar-refractivity contribution is 6.00. The first-order chi connectivity index (χ1) is 13.0. The van der Waals surface area contributed by atoms with Crippen molar-refractivity contribution in [1.29, 1.82) is 0 Å². The summed E-state index contributed by atoms with van der Waals surface area (Å²) in [7, 11) is 1.60. The number of carbonyl (C=O) groups excluding carboxylic acids is 2. The number of nitrogens with zero attached hydrogens (tertiary/aromatic N) is 1. The Morgan fingerprint density at radius 3 is 2.56 bits per heavy atom. The van der Waals surface area contributed by atoms with Crippen LogP contribution in [-0.2, 0) is 20.7 Å². The number of hydrogen-bond acceptors (Lipinski definition) is 4. The van der Waals surface area contributed by atoms with Crippen LogP contribution in [0.3, 0.4) is 0 Å². The fraction of sp³-hybridized carbons (Fsp3) is 0.273. The van der Waals surface area contributed by atoms with Gasteiger partial charge in [-0.05, 0) is 55.7 Å². The lowest BCUT2D eigenvalue weighted by molar-refractivity contribution is -0.149. The molecule has 0 aromatic heterocycles. The van der Waals surface area contributed by atoms with E-state index >= 15 is 0 Å². The van der Waals surface area contributed by atoms with Gasteiger partial charge in [-0.3, -0.25) is 4.79 Å². The maximum atomic E-state index is 12.8. The molecule has 0 spiro atoms. The van der Waals surface area contributed by atoms with Gasteiger partial charge in [-0.2, -0.15) is 0 Å². The van der Waals surface area contributed by atoms with Crippen LogP contribution in [-0.4, -0.2) is 31.1 Å². The van der Waals surface area contributed by atoms with Gasteiger partial charge in [0.1, 0.15) is 5.75 Å². The number of fused-ring (bicyclic) bond motifs is 1. The molecule has 0 N–H and O–H groups in total. The van der Waals surface area contributed by atoms with Crippen LogP contribution in [0.15, 0.2) is 54.6 Å². The lowest BCUT2D eigenvalue weighted by Gasteiger charge is -2.25. The van der Waals surface area contributed by atoms with Crippen LogP contribution in [0.2, 0.25) is 0 Å². The monoisotopic (exact) mass is 365 g/mol. The van der Waals surface area contributed by atoms with Gasteiger partial charge >= 0.3 is 5.97 Å². The van der Waals surface area contributed by atoms with Crippen molar-refractivity contribution in [2.24, 2.45) is 0 Å². The number of esters is 1. The molecule has 2 atom stereocenters. The van der Waals surface area contributed by atoms with Crippen molar-refractivity contribution >= 4 is 23.6 Å². The van der Waals surface area contributed by atoms with Crippen LogP contribution in [0.4, 0.5) is 5.69 Å². The highest BCUT2D eigenvalue weighted by Gasteiger charge is 2.34. The molecule has 0 bridgehead atoms. The number of anilines is 1. The molecule has 0 fully saturated rings. The Hall–Kier alpha value is -3.08. The van der Waals surface area contributed by atoms with E-state index < -0.39 is 12.1 Å². The topological polar surface area (TPSA) is 55.8 Å². The van der Waals surface area contributed by atoms with Crippen molar-refractivity contribution in [3.05, 3.63) is 65.7 Å². The Kier molecular flexibility index (Phi) is 5.60. The number of hydrogen-bond donors (Lipinski definition) is 0. The minimum absolute atomic E-state index is 0.0471. The average molecular weight is 365 g/mol. The summed E-state index contributed by atoms with van der Waals surface area (Å²) in [5.74, 6) is -0.0144. The van der Waals surface area contributed by atoms with Crippen LogP contribution in [0.5, 0.6) is 5.75 Å². The zero-order chi connectivity index (χ0) is 19.4. The standard InChI is InChI=1S/C22H23NO4/c1-15-14-18-6-4-5-7-20(18)23(15)22(25)16(2)27-21(24)13-10-17-8-11-19(26-3)12-9-17/h4-13,15-16H,14H2,1-3H3/b13-10+/t15-,16+/m1/s1. The molecule has 140 valence electrons. The molecule has 1 aliphatic heterocycles. The maximum absolute atomic E-state index is 12.8. The van der Waals surface area contributed by atoms with Gasteiger partial charge in [-0.15, -0.1) is 0 Å². The zero-order valence-corrected chi connectivity index (χ0v) is 15.7. The Labute approximate surface area is 159 Å². The third-order valence-corrected chi connectivity index (χ3v) is 4.61. The fourth-order valence-electron chi connectivity index (χ4n) is 3.24. The first-order valence-corrected chi connectivity index (χ1v) is 8.93. The Morgan fingerprint density at radius 2 is 1.85 bits per heavy atom. The predicted molar refractivity (Wildman–Crippen MR) is 105 cm³/mol. The van der Waals surface area contributed by atoms with Gasteiger partial charge in [0.25, 0.3) is 5.91 Å². The fourth-order valence-corrected chi connectivity index (χ4v) is 3.24. The Bertz CT molecular complexity index is 857. The van der Waals surface area contributed by atoms with Crippen molar-refractivity contribution in [3.63, 3.8) is 0 Å². The molecule has 27 heavy (non-hydrogen) atoms. The van der Waals surface area contributed by atoms with E-state index in [4.69, 9.17) is 9.47 Å². The minimum atomic E-state index is -0.855. The summed E-state index contributed by atoms with van der Waals surface area (Å²) in [5.41, 5.74) is 2.87. The molecule has 0 aliphatic carbocycles. The number of benzene rings is 2. The van der Waals surface area contributed by atoms with Gasteiger partial charge in [0, 0.05) is 17.8 Å². The molecule has 2 aromatic carbocycles. The summed E-state index contributed by atoms with van der Waals surface area (Å²) in [6.45, 7) is 3.60. The van der Waals surface area contributed by atoms with Crippen LogP contribution in [0.25, 0.3) is 6.08 Å². The van der Waals surface area contributed by atoms with Crippen LogP contribution < -0.4 is 9.64 Å². The van der Waals surface area contributed by atoms with E-state index in [9.17, 15) is 9.59 Å². The summed E-state index contributed by atoms with van der Waals surface area (Å²) in [6.07, 6.45) is 2.92. The predicted octanol–water partition coefficient (Wildman–Crippen LogP) is 3.62. The largest absolute Gasteiger partial charge is 0.497 e. The van der Waals surface area contributed by atoms with Crippen molar-refractivity contribution in [1.82, 2.24) is 0 Å². The smallest absolute Gasteiger partial charge is 0.331 e. The summed E-state index contributed by atoms with van der Waals surface area (Å²) in [5, 5.41) is 0. The van der Waals surface area contributed by atoms with E-state index in [1.165, 1.54) is 6.08 Å². The normalized spacial score (nSPS) is 16.9. The summed E-state index contributed by atoms with van der Waals surface area (Å²) in [6, 6.07) is 15.2. The molecule has 1 aliphatic rings. The minimum Gasteiger partial charge on any atom is -0.497 e. The van der Waals surface area contributed by atoms with Gasteiger partial charge < -0.3 is 14.4 Å². The van der Waals surface area contributed by atoms with E-state index in [-0.39, 0.29) is 11.9 Å². The third kappa shape index (κ3) is 4.19. The lowest BCUT2D eigenvalue weighted by Crippen LogP contribution is -2.43. The second-order valence-corrected chi connectivity index (χ2v) is 6.58. The molecule has 0 saturated carbocycles. The molecule has 0 radical (unpaired) electrons. The molecule has 1 heterocycles. The summed E-state index contributed by atoms with van der Waals surface area (Å²) < 4.78 is 10.4. The van der Waals surface area contributed by atoms with E-state index in [1.807, 2.05) is 55.5 Å². The highest BCUT2D eigenvalue weighted by Crippen LogP contribution is 2.32. The third-order valence-electron chi connectivity index (χ3n) is 4.61. The maximum Gasteiger partial charge on any atom is 0.331 e. The average Bonchev–Trinajstić information content (AvgIpc) is 3.01. The van der Waals surface area contributed by atoms with Crippen molar-refractivity contribution < 1.29 is 19.1 Å². The second-order valence-electron chi connectivity index (χ2n) is 6.58. The number of amides is 1. The molecule has 5 nitrogen and oxygen atoms in total. The van der Waals surface area contributed by atoms with Gasteiger partial charge in [0.15, 0.2) is 6.10 Å². The summed E-state index contributed by atoms with van der Waals surface area (Å²) >= 11 is 0. The number of rotatable bonds is 5. The molecule has 3 rings (SSSR count). The van der Waals surface area contributed by atoms with Gasteiger partial charge in [-0.1, -0.05) is 30.3 Å². The molecule has 2 aromatic rings. The van der Waals surface area contributed by atoms with E-state index in [1.54, 1.807) is 25.0 Å². The first-order valence-electron chi connectivity index (χ1n) is 8.93. The van der Waals surface area contributed by atoms with E-state index in [0.717, 1.165) is 29.0 Å². The second kappa shape index (κ2) is 8.08. The van der Waals surface area contributed by atoms with E-state index in [2.05, 4.69) is 0 Å². The molecular formula is C22H23NO4. The van der Waals surface area contributed by atoms with Gasteiger partial charge in [-0.25, -0.2) is 4.79 Å². The number of ether oxygens (including phenoxy) is 2. The van der Waals surface area contributed by atoms with Gasteiger partial charge in [0.05, 0.1) is 7.11 Å². The molecule has 0 unspecified atom stereocenters. The molecule has 1 amide bonds. The van der Waals surface area contributed by atoms with Crippen LogP contribution >= 0.6 is 0 Å². The van der Waals surface area contributed by atoms with Gasteiger partial charge in [0.2, 0.25) is 0 Å². The van der Waals surface area contributed by atoms with E-state index in [0.29, 0.717) is 0 Å². The van der Waals surface area contributed by atoms with Crippen molar-refractivity contribution in [3.8, 4) is 5.75 Å². The first kappa shape index (κ1) is 18.7. The molecule has 0 saturated heterocycles. The van der Waals surface area contributed by atoms with Crippen molar-refractivity contribution in [2.45, 2.75) is 32.4 Å². The Morgan fingerprint density at radius 1 is 1.15 bits per heavy atom. The number of carbonyl (C=O) groups is 2. The molecular weight excluding hydrogens is 342 g/mol. The summed E-state index contributed by atoms with van der Waals surface area (Å²) in [4.78, 5) is 26.6. The lowest BCUT2D eigenvalue weighted by atomic mass is 10.1. The Balaban J connectivity index is 1.62. The molecule has 5 heteroatoms. The highest BCUT2D eigenvalue weighted by atomic mass is 16.5. The number of methoxy groups -OCH3 is 1. The van der Waals surface area contributed by atoms with Crippen LogP contribution in [0, 0.1) is 0 Å². The quantitative estimate of drug-likeness (QED) is 0.600. The van der Waals surface area contributed by atoms with Crippen LogP contribution in [0.1, 0.15) is 25.0 Å². The van der Waals surface area contributed by atoms with Crippen molar-refractivity contribution in [2.75, 3.05) is 12.0 Å².